The molecular formula is C15H20N2O. The fourth-order valence-corrected chi connectivity index (χ4v) is 1.82. The molecule has 96 valence electrons. The third-order valence-corrected chi connectivity index (χ3v) is 2.98. The monoisotopic (exact) mass is 244 g/mol. The van der Waals surface area contributed by atoms with Crippen LogP contribution in [0, 0.1) is 13.8 Å². The molecular weight excluding hydrogens is 224 g/mol. The molecule has 0 aliphatic carbocycles. The van der Waals surface area contributed by atoms with E-state index >= 15 is 0 Å². The van der Waals surface area contributed by atoms with E-state index in [1.807, 2.05) is 29.8 Å². The van der Waals surface area contributed by atoms with Crippen LogP contribution in [0.5, 0.6) is 0 Å². The minimum absolute atomic E-state index is 0.692. The smallest absolute Gasteiger partial charge is 0.0716 e. The van der Waals surface area contributed by atoms with Gasteiger partial charge in [-0.25, -0.2) is 0 Å². The van der Waals surface area contributed by atoms with Crippen molar-refractivity contribution in [2.45, 2.75) is 33.4 Å². The predicted octanol–water partition coefficient (Wildman–Crippen LogP) is 3.11. The maximum atomic E-state index is 5.64. The van der Waals surface area contributed by atoms with Gasteiger partial charge in [-0.05, 0) is 31.4 Å². The van der Waals surface area contributed by atoms with Crippen LogP contribution in [0.25, 0.3) is 0 Å². The lowest BCUT2D eigenvalue weighted by atomic mass is 10.2. The molecule has 1 aromatic carbocycles. The van der Waals surface area contributed by atoms with Gasteiger partial charge in [0.2, 0.25) is 0 Å². The molecule has 0 aliphatic heterocycles. The summed E-state index contributed by atoms with van der Waals surface area (Å²) in [4.78, 5) is 0. The summed E-state index contributed by atoms with van der Waals surface area (Å²) in [5, 5.41) is 4.43. The molecule has 1 heterocycles. The molecule has 0 saturated heterocycles. The Morgan fingerprint density at radius 1 is 1.17 bits per heavy atom. The normalized spacial score (nSPS) is 10.8. The number of hydrogen-bond acceptors (Lipinski definition) is 2. The molecule has 3 heteroatoms. The van der Waals surface area contributed by atoms with Gasteiger partial charge >= 0.3 is 0 Å². The summed E-state index contributed by atoms with van der Waals surface area (Å²) >= 11 is 0. The molecule has 0 atom stereocenters. The number of ether oxygens (including phenoxy) is 1. The Hall–Kier alpha value is -1.61. The van der Waals surface area contributed by atoms with E-state index in [4.69, 9.17) is 4.74 Å². The first-order valence-electron chi connectivity index (χ1n) is 6.38. The van der Waals surface area contributed by atoms with Crippen molar-refractivity contribution in [3.8, 4) is 0 Å². The minimum Gasteiger partial charge on any atom is -0.377 e. The van der Waals surface area contributed by atoms with Gasteiger partial charge < -0.3 is 4.74 Å². The topological polar surface area (TPSA) is 27.1 Å². The van der Waals surface area contributed by atoms with Crippen LogP contribution in [0.2, 0.25) is 0 Å². The molecule has 2 aromatic rings. The summed E-state index contributed by atoms with van der Waals surface area (Å²) in [5.41, 5.74) is 3.59. The Labute approximate surface area is 108 Å². The molecule has 0 aliphatic rings. The van der Waals surface area contributed by atoms with Crippen LogP contribution in [-0.4, -0.2) is 16.4 Å². The molecule has 0 N–H and O–H groups in total. The van der Waals surface area contributed by atoms with Gasteiger partial charge in [-0.15, -0.1) is 0 Å². The van der Waals surface area contributed by atoms with Gasteiger partial charge in [0.05, 0.1) is 12.3 Å². The van der Waals surface area contributed by atoms with Crippen LogP contribution >= 0.6 is 0 Å². The van der Waals surface area contributed by atoms with Gasteiger partial charge in [-0.1, -0.05) is 30.3 Å². The van der Waals surface area contributed by atoms with E-state index in [1.54, 1.807) is 0 Å². The van der Waals surface area contributed by atoms with E-state index in [9.17, 15) is 0 Å². The predicted molar refractivity (Wildman–Crippen MR) is 72.4 cm³/mol. The zero-order valence-electron chi connectivity index (χ0n) is 11.1. The van der Waals surface area contributed by atoms with Crippen molar-refractivity contribution in [1.29, 1.82) is 0 Å². The lowest BCUT2D eigenvalue weighted by Gasteiger charge is -2.04. The number of rotatable bonds is 6. The van der Waals surface area contributed by atoms with Gasteiger partial charge in [-0.2, -0.15) is 5.10 Å². The van der Waals surface area contributed by atoms with Gasteiger partial charge in [0.1, 0.15) is 0 Å². The summed E-state index contributed by atoms with van der Waals surface area (Å²) < 4.78 is 7.63. The highest BCUT2D eigenvalue weighted by Gasteiger charge is 1.99. The molecule has 2 rings (SSSR count). The van der Waals surface area contributed by atoms with E-state index in [-0.39, 0.29) is 0 Å². The summed E-state index contributed by atoms with van der Waals surface area (Å²) in [7, 11) is 0. The van der Waals surface area contributed by atoms with E-state index in [0.717, 1.165) is 25.3 Å². The van der Waals surface area contributed by atoms with Crippen LogP contribution in [0.4, 0.5) is 0 Å². The second-order valence-corrected chi connectivity index (χ2v) is 4.55. The van der Waals surface area contributed by atoms with Gasteiger partial charge in [-0.3, -0.25) is 4.68 Å². The third-order valence-electron chi connectivity index (χ3n) is 2.98. The fourth-order valence-electron chi connectivity index (χ4n) is 1.82. The van der Waals surface area contributed by atoms with Crippen LogP contribution in [0.3, 0.4) is 0 Å². The zero-order chi connectivity index (χ0) is 12.8. The Balaban J connectivity index is 1.64. The lowest BCUT2D eigenvalue weighted by Crippen LogP contribution is -2.03. The Morgan fingerprint density at radius 2 is 1.94 bits per heavy atom. The maximum absolute atomic E-state index is 5.64. The summed E-state index contributed by atoms with van der Waals surface area (Å²) in [5.74, 6) is 0. The van der Waals surface area contributed by atoms with Crippen molar-refractivity contribution < 1.29 is 4.74 Å². The largest absolute Gasteiger partial charge is 0.377 e. The first-order chi connectivity index (χ1) is 8.75. The molecule has 0 fully saturated rings. The molecule has 3 nitrogen and oxygen atoms in total. The second kappa shape index (κ2) is 6.36. The summed E-state index contributed by atoms with van der Waals surface area (Å²) in [6, 6.07) is 10.3. The van der Waals surface area contributed by atoms with Crippen molar-refractivity contribution in [1.82, 2.24) is 9.78 Å². The molecule has 1 aromatic heterocycles. The van der Waals surface area contributed by atoms with Crippen molar-refractivity contribution in [2.75, 3.05) is 6.61 Å². The molecule has 0 unspecified atom stereocenters. The van der Waals surface area contributed by atoms with E-state index in [0.29, 0.717) is 6.61 Å². The molecule has 0 amide bonds. The molecule has 0 saturated carbocycles. The minimum atomic E-state index is 0.692. The van der Waals surface area contributed by atoms with E-state index in [1.165, 1.54) is 11.1 Å². The van der Waals surface area contributed by atoms with Crippen LogP contribution in [0.1, 0.15) is 23.2 Å². The third kappa shape index (κ3) is 3.70. The van der Waals surface area contributed by atoms with Gasteiger partial charge in [0.15, 0.2) is 0 Å². The number of nitrogens with zero attached hydrogens (tertiary/aromatic N) is 2. The van der Waals surface area contributed by atoms with Crippen molar-refractivity contribution in [2.24, 2.45) is 0 Å². The highest BCUT2D eigenvalue weighted by atomic mass is 16.5. The summed E-state index contributed by atoms with van der Waals surface area (Å²) in [6.07, 6.45) is 3.08. The zero-order valence-corrected chi connectivity index (χ0v) is 11.1. The average molecular weight is 244 g/mol. The summed E-state index contributed by atoms with van der Waals surface area (Å²) in [6.45, 7) is 6.51. The molecule has 0 radical (unpaired) electrons. The molecule has 18 heavy (non-hydrogen) atoms. The van der Waals surface area contributed by atoms with Crippen LogP contribution in [-0.2, 0) is 17.9 Å². The number of aromatic nitrogens is 2. The Bertz CT molecular complexity index is 457. The van der Waals surface area contributed by atoms with E-state index in [2.05, 4.69) is 30.4 Å². The Morgan fingerprint density at radius 3 is 2.61 bits per heavy atom. The molecule has 0 spiro atoms. The van der Waals surface area contributed by atoms with Gasteiger partial charge in [0.25, 0.3) is 0 Å². The first-order valence-corrected chi connectivity index (χ1v) is 6.38. The first kappa shape index (κ1) is 12.8. The van der Waals surface area contributed by atoms with Crippen molar-refractivity contribution in [3.05, 3.63) is 53.3 Å². The SMILES string of the molecule is Cc1cn(CCCOCc2ccccc2)nc1C. The highest BCUT2D eigenvalue weighted by Crippen LogP contribution is 2.04. The Kier molecular flexibility index (Phi) is 4.53. The van der Waals surface area contributed by atoms with Crippen molar-refractivity contribution >= 4 is 0 Å². The van der Waals surface area contributed by atoms with Crippen molar-refractivity contribution in [3.63, 3.8) is 0 Å². The number of aryl methyl sites for hydroxylation is 3. The standard InChI is InChI=1S/C15H20N2O/c1-13-11-17(16-14(13)2)9-6-10-18-12-15-7-4-3-5-8-15/h3-5,7-8,11H,6,9-10,12H2,1-2H3. The molecule has 0 bridgehead atoms. The van der Waals surface area contributed by atoms with Crippen LogP contribution in [0.15, 0.2) is 36.5 Å². The highest BCUT2D eigenvalue weighted by molar-refractivity contribution is 5.13. The quantitative estimate of drug-likeness (QED) is 0.730. The number of benzene rings is 1. The second-order valence-electron chi connectivity index (χ2n) is 4.55. The maximum Gasteiger partial charge on any atom is 0.0716 e. The average Bonchev–Trinajstić information content (AvgIpc) is 2.70. The number of hydrogen-bond donors (Lipinski definition) is 0. The van der Waals surface area contributed by atoms with E-state index < -0.39 is 0 Å². The van der Waals surface area contributed by atoms with Crippen LogP contribution < -0.4 is 0 Å². The fraction of sp³-hybridized carbons (Fsp3) is 0.400. The van der Waals surface area contributed by atoms with Gasteiger partial charge in [0, 0.05) is 19.3 Å². The lowest BCUT2D eigenvalue weighted by molar-refractivity contribution is 0.115.